The molecule has 0 aliphatic carbocycles. The second-order valence-electron chi connectivity index (χ2n) is 6.23. The van der Waals surface area contributed by atoms with Crippen molar-refractivity contribution in [2.45, 2.75) is 45.1 Å². The molecule has 1 aliphatic rings. The van der Waals surface area contributed by atoms with E-state index in [-0.39, 0.29) is 12.1 Å². The van der Waals surface area contributed by atoms with E-state index in [1.165, 1.54) is 31.5 Å². The van der Waals surface area contributed by atoms with Crippen LogP contribution in [-0.2, 0) is 6.42 Å². The molecule has 0 saturated carbocycles. The number of anilines is 1. The molecule has 23 heavy (non-hydrogen) atoms. The summed E-state index contributed by atoms with van der Waals surface area (Å²) in [7, 11) is 0. The maximum atomic E-state index is 11.8. The van der Waals surface area contributed by atoms with Crippen LogP contribution in [0.15, 0.2) is 24.3 Å². The second kappa shape index (κ2) is 9.53. The van der Waals surface area contributed by atoms with Gasteiger partial charge in [-0.3, -0.25) is 0 Å². The van der Waals surface area contributed by atoms with Gasteiger partial charge in [-0.1, -0.05) is 19.1 Å². The molecule has 5 heteroatoms. The van der Waals surface area contributed by atoms with E-state index < -0.39 is 0 Å². The fourth-order valence-corrected chi connectivity index (χ4v) is 2.83. The summed E-state index contributed by atoms with van der Waals surface area (Å²) >= 11 is 0. The van der Waals surface area contributed by atoms with Crippen LogP contribution in [0.3, 0.4) is 0 Å². The molecule has 128 valence electrons. The third-order valence-corrected chi connectivity index (χ3v) is 4.33. The number of carbonyl (C=O) groups is 1. The molecule has 1 fully saturated rings. The van der Waals surface area contributed by atoms with Crippen molar-refractivity contribution < 1.29 is 9.90 Å². The summed E-state index contributed by atoms with van der Waals surface area (Å²) < 4.78 is 0. The number of nitrogens with one attached hydrogen (secondary N) is 2. The Morgan fingerprint density at radius 2 is 2.13 bits per heavy atom. The topological polar surface area (TPSA) is 64.6 Å². The van der Waals surface area contributed by atoms with Gasteiger partial charge in [0.2, 0.25) is 0 Å². The number of aliphatic hydroxyl groups is 1. The largest absolute Gasteiger partial charge is 0.393 e. The monoisotopic (exact) mass is 319 g/mol. The molecule has 1 unspecified atom stereocenters. The molecule has 1 aliphatic heterocycles. The van der Waals surface area contributed by atoms with Crippen molar-refractivity contribution in [2.24, 2.45) is 0 Å². The van der Waals surface area contributed by atoms with Crippen LogP contribution in [0.2, 0.25) is 0 Å². The van der Waals surface area contributed by atoms with E-state index >= 15 is 0 Å². The molecular formula is C18H29N3O2. The van der Waals surface area contributed by atoms with Gasteiger partial charge in [0.1, 0.15) is 0 Å². The number of rotatable bonds is 8. The molecule has 3 N–H and O–H groups in total. The zero-order chi connectivity index (χ0) is 16.5. The Bertz CT molecular complexity index is 487. The first-order valence-corrected chi connectivity index (χ1v) is 8.71. The predicted octanol–water partition coefficient (Wildman–Crippen LogP) is 2.61. The van der Waals surface area contributed by atoms with E-state index in [9.17, 15) is 9.90 Å². The molecule has 5 nitrogen and oxygen atoms in total. The van der Waals surface area contributed by atoms with Crippen molar-refractivity contribution >= 4 is 11.7 Å². The summed E-state index contributed by atoms with van der Waals surface area (Å²) in [6, 6.07) is 7.81. The number of carbonyl (C=O) groups excluding carboxylic acids is 1. The number of nitrogens with zero attached hydrogens (tertiary/aromatic N) is 1. The van der Waals surface area contributed by atoms with Crippen molar-refractivity contribution in [3.8, 4) is 0 Å². The number of urea groups is 1. The average Bonchev–Trinajstić information content (AvgIpc) is 3.06. The van der Waals surface area contributed by atoms with Gasteiger partial charge in [0.05, 0.1) is 6.10 Å². The molecule has 1 saturated heterocycles. The molecule has 1 atom stereocenters. The third kappa shape index (κ3) is 6.59. The smallest absolute Gasteiger partial charge is 0.319 e. The predicted molar refractivity (Wildman–Crippen MR) is 93.8 cm³/mol. The first-order valence-electron chi connectivity index (χ1n) is 8.71. The number of hydrogen-bond acceptors (Lipinski definition) is 3. The fraction of sp³-hybridized carbons (Fsp3) is 0.611. The minimum absolute atomic E-state index is 0.218. The summed E-state index contributed by atoms with van der Waals surface area (Å²) in [6.45, 7) is 5.92. The van der Waals surface area contributed by atoms with Gasteiger partial charge in [0, 0.05) is 18.8 Å². The molecule has 0 radical (unpaired) electrons. The third-order valence-electron chi connectivity index (χ3n) is 4.33. The van der Waals surface area contributed by atoms with Gasteiger partial charge in [-0.25, -0.2) is 4.79 Å². The summed E-state index contributed by atoms with van der Waals surface area (Å²) in [4.78, 5) is 14.3. The van der Waals surface area contributed by atoms with Gasteiger partial charge in [-0.2, -0.15) is 0 Å². The van der Waals surface area contributed by atoms with Crippen molar-refractivity contribution in [1.82, 2.24) is 10.2 Å². The van der Waals surface area contributed by atoms with Crippen LogP contribution >= 0.6 is 0 Å². The van der Waals surface area contributed by atoms with E-state index in [1.807, 2.05) is 25.1 Å². The van der Waals surface area contributed by atoms with Crippen LogP contribution in [0.4, 0.5) is 10.5 Å². The van der Waals surface area contributed by atoms with Crippen LogP contribution in [0, 0.1) is 0 Å². The highest BCUT2D eigenvalue weighted by atomic mass is 16.3. The van der Waals surface area contributed by atoms with Crippen molar-refractivity contribution in [1.29, 1.82) is 0 Å². The van der Waals surface area contributed by atoms with Gasteiger partial charge < -0.3 is 20.6 Å². The number of aliphatic hydroxyl groups excluding tert-OH is 1. The Balaban J connectivity index is 1.73. The lowest BCUT2D eigenvalue weighted by Crippen LogP contribution is -2.31. The molecule has 2 amide bonds. The maximum absolute atomic E-state index is 11.8. The first kappa shape index (κ1) is 17.8. The summed E-state index contributed by atoms with van der Waals surface area (Å²) in [6.07, 6.45) is 4.59. The highest BCUT2D eigenvalue weighted by Crippen LogP contribution is 2.13. The quantitative estimate of drug-likeness (QED) is 0.690. The van der Waals surface area contributed by atoms with Crippen molar-refractivity contribution in [2.75, 3.05) is 31.5 Å². The highest BCUT2D eigenvalue weighted by Gasteiger charge is 2.11. The average molecular weight is 319 g/mol. The van der Waals surface area contributed by atoms with E-state index in [0.29, 0.717) is 19.4 Å². The van der Waals surface area contributed by atoms with Crippen LogP contribution < -0.4 is 10.6 Å². The molecule has 2 rings (SSSR count). The molecule has 0 aromatic heterocycles. The summed E-state index contributed by atoms with van der Waals surface area (Å²) in [5, 5.41) is 15.1. The van der Waals surface area contributed by atoms with Crippen molar-refractivity contribution in [3.05, 3.63) is 29.8 Å². The normalized spacial score (nSPS) is 16.3. The lowest BCUT2D eigenvalue weighted by atomic mass is 10.1. The van der Waals surface area contributed by atoms with Crippen LogP contribution in [0.1, 0.15) is 38.2 Å². The Hall–Kier alpha value is -1.59. The zero-order valence-corrected chi connectivity index (χ0v) is 14.1. The maximum Gasteiger partial charge on any atom is 0.319 e. The minimum Gasteiger partial charge on any atom is -0.393 e. The van der Waals surface area contributed by atoms with E-state index in [1.54, 1.807) is 0 Å². The fourth-order valence-electron chi connectivity index (χ4n) is 2.83. The van der Waals surface area contributed by atoms with Gasteiger partial charge in [-0.05, 0) is 62.9 Å². The Morgan fingerprint density at radius 3 is 2.87 bits per heavy atom. The molecule has 1 heterocycles. The van der Waals surface area contributed by atoms with Gasteiger partial charge in [0.25, 0.3) is 0 Å². The lowest BCUT2D eigenvalue weighted by molar-refractivity contribution is 0.160. The summed E-state index contributed by atoms with van der Waals surface area (Å²) in [5.41, 5.74) is 2.06. The Morgan fingerprint density at radius 1 is 1.35 bits per heavy atom. The summed E-state index contributed by atoms with van der Waals surface area (Å²) in [5.74, 6) is 0. The SMILES string of the molecule is CCC(O)CCNC(=O)Nc1cccc(CCN2CCCC2)c1. The van der Waals surface area contributed by atoms with Crippen LogP contribution in [-0.4, -0.2) is 48.3 Å². The van der Waals surface area contributed by atoms with E-state index in [0.717, 1.165) is 18.7 Å². The van der Waals surface area contributed by atoms with Gasteiger partial charge in [0.15, 0.2) is 0 Å². The molecule has 0 spiro atoms. The van der Waals surface area contributed by atoms with Crippen LogP contribution in [0.5, 0.6) is 0 Å². The zero-order valence-electron chi connectivity index (χ0n) is 14.1. The lowest BCUT2D eigenvalue weighted by Gasteiger charge is -2.15. The second-order valence-corrected chi connectivity index (χ2v) is 6.23. The molecular weight excluding hydrogens is 290 g/mol. The Labute approximate surface area is 139 Å². The van der Waals surface area contributed by atoms with Crippen LogP contribution in [0.25, 0.3) is 0 Å². The molecule has 0 bridgehead atoms. The number of benzene rings is 1. The Kier molecular flexibility index (Phi) is 7.36. The number of hydrogen-bond donors (Lipinski definition) is 3. The van der Waals surface area contributed by atoms with Gasteiger partial charge >= 0.3 is 6.03 Å². The standard InChI is InChI=1S/C18H29N3O2/c1-2-17(22)8-10-19-18(23)20-16-7-5-6-15(14-16)9-13-21-11-3-4-12-21/h5-7,14,17,22H,2-4,8-13H2,1H3,(H2,19,20,23). The van der Waals surface area contributed by atoms with Crippen molar-refractivity contribution in [3.63, 3.8) is 0 Å². The highest BCUT2D eigenvalue weighted by molar-refractivity contribution is 5.89. The van der Waals surface area contributed by atoms with E-state index in [4.69, 9.17) is 0 Å². The van der Waals surface area contributed by atoms with Gasteiger partial charge in [-0.15, -0.1) is 0 Å². The minimum atomic E-state index is -0.343. The molecule has 1 aromatic rings. The number of likely N-dealkylation sites (tertiary alicyclic amines) is 1. The molecule has 1 aromatic carbocycles. The van der Waals surface area contributed by atoms with E-state index in [2.05, 4.69) is 21.6 Å². The first-order chi connectivity index (χ1) is 11.2. The number of amides is 2.